The first kappa shape index (κ1) is 17.5. The Morgan fingerprint density at radius 1 is 1.20 bits per heavy atom. The van der Waals surface area contributed by atoms with E-state index in [0.29, 0.717) is 0 Å². The molecule has 132 valence electrons. The highest BCUT2D eigenvalue weighted by Gasteiger charge is 2.09. The molecule has 0 bridgehead atoms. The summed E-state index contributed by atoms with van der Waals surface area (Å²) in [6.45, 7) is 3.99. The maximum Gasteiger partial charge on any atom is 0.193 e. The fraction of sp³-hybridized carbons (Fsp3) is 0.350. The molecule has 4 nitrogen and oxygen atoms in total. The van der Waals surface area contributed by atoms with E-state index in [0.717, 1.165) is 31.9 Å². The molecular formula is C20H26N4S. The van der Waals surface area contributed by atoms with Crippen LogP contribution in [0.4, 0.5) is 0 Å². The highest BCUT2D eigenvalue weighted by molar-refractivity contribution is 7.09. The lowest BCUT2D eigenvalue weighted by Gasteiger charge is -2.21. The summed E-state index contributed by atoms with van der Waals surface area (Å²) in [6.07, 6.45) is 2.03. The van der Waals surface area contributed by atoms with Crippen molar-refractivity contribution in [3.8, 4) is 0 Å². The van der Waals surface area contributed by atoms with E-state index in [2.05, 4.69) is 75.9 Å². The van der Waals surface area contributed by atoms with E-state index < -0.39 is 0 Å². The van der Waals surface area contributed by atoms with Crippen LogP contribution in [0.15, 0.2) is 46.8 Å². The highest BCUT2D eigenvalue weighted by atomic mass is 32.1. The van der Waals surface area contributed by atoms with Crippen molar-refractivity contribution in [3.05, 3.63) is 57.9 Å². The SMILES string of the molecule is CN=C(NCCc1c(C)[nH]c2ccccc12)N(C)CCc1cccs1. The molecule has 5 heteroatoms. The summed E-state index contributed by atoms with van der Waals surface area (Å²) in [7, 11) is 3.95. The van der Waals surface area contributed by atoms with Crippen LogP contribution < -0.4 is 5.32 Å². The van der Waals surface area contributed by atoms with Gasteiger partial charge in [-0.25, -0.2) is 0 Å². The average Bonchev–Trinajstić information content (AvgIpc) is 3.24. The minimum atomic E-state index is 0.874. The first-order valence-corrected chi connectivity index (χ1v) is 9.57. The molecule has 3 aromatic rings. The van der Waals surface area contributed by atoms with Crippen LogP contribution in [0.25, 0.3) is 10.9 Å². The van der Waals surface area contributed by atoms with Gasteiger partial charge in [0.2, 0.25) is 0 Å². The van der Waals surface area contributed by atoms with Gasteiger partial charge in [-0.05, 0) is 42.8 Å². The third-order valence-electron chi connectivity index (χ3n) is 4.53. The van der Waals surface area contributed by atoms with Crippen LogP contribution in [0.3, 0.4) is 0 Å². The number of hydrogen-bond acceptors (Lipinski definition) is 2. The van der Waals surface area contributed by atoms with Crippen molar-refractivity contribution in [2.75, 3.05) is 27.2 Å². The lowest BCUT2D eigenvalue weighted by Crippen LogP contribution is -2.40. The van der Waals surface area contributed by atoms with Gasteiger partial charge in [0.1, 0.15) is 0 Å². The number of para-hydroxylation sites is 1. The van der Waals surface area contributed by atoms with Gasteiger partial charge in [0.25, 0.3) is 0 Å². The Hall–Kier alpha value is -2.27. The number of aliphatic imine (C=N–C) groups is 1. The number of aromatic amines is 1. The van der Waals surface area contributed by atoms with Crippen molar-refractivity contribution in [3.63, 3.8) is 0 Å². The van der Waals surface area contributed by atoms with E-state index in [1.165, 1.54) is 27.0 Å². The molecule has 0 aliphatic carbocycles. The number of likely N-dealkylation sites (N-methyl/N-ethyl adjacent to an activating group) is 1. The Balaban J connectivity index is 1.55. The quantitative estimate of drug-likeness (QED) is 0.522. The van der Waals surface area contributed by atoms with Crippen LogP contribution in [0.1, 0.15) is 16.1 Å². The molecule has 0 aliphatic rings. The minimum absolute atomic E-state index is 0.874. The normalized spacial score (nSPS) is 11.9. The maximum absolute atomic E-state index is 4.42. The van der Waals surface area contributed by atoms with Crippen LogP contribution in [0.2, 0.25) is 0 Å². The summed E-state index contributed by atoms with van der Waals surface area (Å²) in [6, 6.07) is 12.8. The number of hydrogen-bond donors (Lipinski definition) is 2. The fourth-order valence-electron chi connectivity index (χ4n) is 3.18. The van der Waals surface area contributed by atoms with Crippen LogP contribution >= 0.6 is 11.3 Å². The summed E-state index contributed by atoms with van der Waals surface area (Å²) in [5.41, 5.74) is 3.86. The molecule has 3 rings (SSSR count). The van der Waals surface area contributed by atoms with Crippen molar-refractivity contribution in [1.82, 2.24) is 15.2 Å². The number of thiophene rings is 1. The van der Waals surface area contributed by atoms with E-state index in [1.807, 2.05) is 18.4 Å². The van der Waals surface area contributed by atoms with Crippen LogP contribution in [0, 0.1) is 6.92 Å². The third kappa shape index (κ3) is 4.23. The van der Waals surface area contributed by atoms with E-state index >= 15 is 0 Å². The molecule has 25 heavy (non-hydrogen) atoms. The molecule has 0 atom stereocenters. The molecule has 0 amide bonds. The first-order chi connectivity index (χ1) is 12.2. The molecule has 0 unspecified atom stereocenters. The zero-order valence-electron chi connectivity index (χ0n) is 15.2. The molecule has 0 saturated heterocycles. The number of benzene rings is 1. The van der Waals surface area contributed by atoms with Gasteiger partial charge >= 0.3 is 0 Å². The van der Waals surface area contributed by atoms with Crippen molar-refractivity contribution in [2.24, 2.45) is 4.99 Å². The van der Waals surface area contributed by atoms with E-state index in [-0.39, 0.29) is 0 Å². The topological polar surface area (TPSA) is 43.4 Å². The Morgan fingerprint density at radius 2 is 2.04 bits per heavy atom. The molecule has 1 aromatic carbocycles. The smallest absolute Gasteiger partial charge is 0.193 e. The summed E-state index contributed by atoms with van der Waals surface area (Å²) >= 11 is 1.81. The van der Waals surface area contributed by atoms with E-state index in [9.17, 15) is 0 Å². The van der Waals surface area contributed by atoms with Gasteiger partial charge in [-0.1, -0.05) is 24.3 Å². The zero-order valence-corrected chi connectivity index (χ0v) is 16.0. The fourth-order valence-corrected chi connectivity index (χ4v) is 3.88. The van der Waals surface area contributed by atoms with Crippen molar-refractivity contribution in [1.29, 1.82) is 0 Å². The molecule has 2 aromatic heterocycles. The Kier molecular flexibility index (Phi) is 5.76. The first-order valence-electron chi connectivity index (χ1n) is 8.69. The molecule has 0 spiro atoms. The lowest BCUT2D eigenvalue weighted by molar-refractivity contribution is 0.487. The van der Waals surface area contributed by atoms with Gasteiger partial charge in [0.15, 0.2) is 5.96 Å². The van der Waals surface area contributed by atoms with Gasteiger partial charge in [0.05, 0.1) is 0 Å². The molecule has 0 radical (unpaired) electrons. The summed E-state index contributed by atoms with van der Waals surface area (Å²) in [5.74, 6) is 0.953. The summed E-state index contributed by atoms with van der Waals surface area (Å²) in [4.78, 5) is 11.5. The largest absolute Gasteiger partial charge is 0.358 e. The van der Waals surface area contributed by atoms with E-state index in [1.54, 1.807) is 0 Å². The average molecular weight is 355 g/mol. The summed E-state index contributed by atoms with van der Waals surface area (Å²) in [5, 5.41) is 6.95. The lowest BCUT2D eigenvalue weighted by atomic mass is 10.1. The third-order valence-corrected chi connectivity index (χ3v) is 5.47. The highest BCUT2D eigenvalue weighted by Crippen LogP contribution is 2.21. The van der Waals surface area contributed by atoms with Gasteiger partial charge in [0, 0.05) is 48.7 Å². The number of aromatic nitrogens is 1. The number of guanidine groups is 1. The zero-order chi connectivity index (χ0) is 17.6. The number of nitrogens with one attached hydrogen (secondary N) is 2. The van der Waals surface area contributed by atoms with Gasteiger partial charge in [-0.2, -0.15) is 0 Å². The Labute approximate surface area is 153 Å². The number of H-pyrrole nitrogens is 1. The van der Waals surface area contributed by atoms with Crippen molar-refractivity contribution < 1.29 is 0 Å². The van der Waals surface area contributed by atoms with Crippen molar-refractivity contribution >= 4 is 28.2 Å². The molecule has 2 N–H and O–H groups in total. The van der Waals surface area contributed by atoms with Crippen LogP contribution in [-0.4, -0.2) is 43.0 Å². The monoisotopic (exact) mass is 354 g/mol. The van der Waals surface area contributed by atoms with E-state index in [4.69, 9.17) is 0 Å². The molecule has 0 saturated carbocycles. The van der Waals surface area contributed by atoms with Gasteiger partial charge in [-0.3, -0.25) is 4.99 Å². The van der Waals surface area contributed by atoms with Gasteiger partial charge in [-0.15, -0.1) is 11.3 Å². The predicted octanol–water partition coefficient (Wildman–Crippen LogP) is 3.83. The number of rotatable bonds is 6. The summed E-state index contributed by atoms with van der Waals surface area (Å²) < 4.78 is 0. The Morgan fingerprint density at radius 3 is 2.80 bits per heavy atom. The molecule has 2 heterocycles. The van der Waals surface area contributed by atoms with Gasteiger partial charge < -0.3 is 15.2 Å². The standard InChI is InChI=1S/C20H26N4S/c1-15-17(18-8-4-5-9-19(18)23-15)10-12-22-20(21-2)24(3)13-11-16-7-6-14-25-16/h4-9,14,23H,10-13H2,1-3H3,(H,21,22). The molecule has 0 fully saturated rings. The second-order valence-electron chi connectivity index (χ2n) is 6.25. The number of aryl methyl sites for hydroxylation is 1. The van der Waals surface area contributed by atoms with Crippen LogP contribution in [0.5, 0.6) is 0 Å². The maximum atomic E-state index is 4.42. The molecule has 0 aliphatic heterocycles. The Bertz CT molecular complexity index is 833. The van der Waals surface area contributed by atoms with Crippen LogP contribution in [-0.2, 0) is 12.8 Å². The second-order valence-corrected chi connectivity index (χ2v) is 7.28. The number of nitrogens with zero attached hydrogens (tertiary/aromatic N) is 2. The molecular weight excluding hydrogens is 328 g/mol. The van der Waals surface area contributed by atoms with Crippen molar-refractivity contribution in [2.45, 2.75) is 19.8 Å². The predicted molar refractivity (Wildman–Crippen MR) is 109 cm³/mol. The minimum Gasteiger partial charge on any atom is -0.358 e. The second kappa shape index (κ2) is 8.21. The number of fused-ring (bicyclic) bond motifs is 1.